The van der Waals surface area contributed by atoms with Crippen molar-refractivity contribution < 1.29 is 13.9 Å². The van der Waals surface area contributed by atoms with Gasteiger partial charge in [-0.2, -0.15) is 0 Å². The molecular formula is C26H41FO2. The van der Waals surface area contributed by atoms with Gasteiger partial charge in [0, 0.05) is 12.8 Å². The first-order valence-corrected chi connectivity index (χ1v) is 12.2. The number of allylic oxidation sites excluding steroid dienone is 2. The van der Waals surface area contributed by atoms with Gasteiger partial charge in [0.05, 0.1) is 12.9 Å². The topological polar surface area (TPSA) is 26.3 Å². The molecule has 29 heavy (non-hydrogen) atoms. The molecule has 3 fully saturated rings. The van der Waals surface area contributed by atoms with E-state index in [2.05, 4.69) is 27.7 Å². The Kier molecular flexibility index (Phi) is 5.66. The Labute approximate surface area is 177 Å². The van der Waals surface area contributed by atoms with Crippen molar-refractivity contribution >= 4 is 5.97 Å². The van der Waals surface area contributed by atoms with Gasteiger partial charge in [-0.25, -0.2) is 4.39 Å². The minimum atomic E-state index is -0.0910. The molecule has 0 saturated heterocycles. The highest BCUT2D eigenvalue weighted by Crippen LogP contribution is 2.68. The molecule has 0 aromatic heterocycles. The summed E-state index contributed by atoms with van der Waals surface area (Å²) in [6.07, 6.45) is 10.6. The van der Waals surface area contributed by atoms with Crippen LogP contribution in [0.5, 0.6) is 0 Å². The Morgan fingerprint density at radius 1 is 1.14 bits per heavy atom. The van der Waals surface area contributed by atoms with Crippen LogP contribution in [-0.4, -0.2) is 13.1 Å². The van der Waals surface area contributed by atoms with E-state index in [0.29, 0.717) is 53.8 Å². The van der Waals surface area contributed by atoms with E-state index >= 15 is 4.39 Å². The molecule has 3 heteroatoms. The summed E-state index contributed by atoms with van der Waals surface area (Å²) >= 11 is 0. The van der Waals surface area contributed by atoms with Crippen molar-refractivity contribution in [1.29, 1.82) is 0 Å². The van der Waals surface area contributed by atoms with Gasteiger partial charge in [-0.3, -0.25) is 4.79 Å². The van der Waals surface area contributed by atoms with E-state index in [1.807, 2.05) is 0 Å². The predicted octanol–water partition coefficient (Wildman–Crippen LogP) is 7.09. The van der Waals surface area contributed by atoms with Crippen LogP contribution in [0.25, 0.3) is 0 Å². The fourth-order valence-corrected chi connectivity index (χ4v) is 8.53. The summed E-state index contributed by atoms with van der Waals surface area (Å²) in [5, 5.41) is 0. The number of esters is 1. The van der Waals surface area contributed by atoms with Crippen molar-refractivity contribution in [3.63, 3.8) is 0 Å². The summed E-state index contributed by atoms with van der Waals surface area (Å²) in [4.78, 5) is 11.6. The van der Waals surface area contributed by atoms with Crippen molar-refractivity contribution in [1.82, 2.24) is 0 Å². The van der Waals surface area contributed by atoms with Crippen LogP contribution in [-0.2, 0) is 9.53 Å². The summed E-state index contributed by atoms with van der Waals surface area (Å²) in [5.74, 6) is 3.84. The zero-order valence-corrected chi connectivity index (χ0v) is 19.2. The average molecular weight is 405 g/mol. The minimum Gasteiger partial charge on any atom is -0.469 e. The largest absolute Gasteiger partial charge is 0.469 e. The Bertz CT molecular complexity index is 684. The molecule has 0 heterocycles. The van der Waals surface area contributed by atoms with Crippen LogP contribution in [0.4, 0.5) is 4.39 Å². The van der Waals surface area contributed by atoms with Crippen molar-refractivity contribution in [2.24, 2.45) is 46.3 Å². The molecule has 0 radical (unpaired) electrons. The molecule has 8 atom stereocenters. The minimum absolute atomic E-state index is 0.0910. The second-order valence-electron chi connectivity index (χ2n) is 11.6. The SMILES string of the molecule is COC(=O)CC[C@@H](C)[C@H]1CC[C@H]2[C@@H]3CC(F)=C4C[C@H](C)CC[C@]4(C)[C@H]3CC[C@]12C. The van der Waals surface area contributed by atoms with Crippen LogP contribution >= 0.6 is 0 Å². The molecule has 0 aromatic rings. The van der Waals surface area contributed by atoms with Gasteiger partial charge in [0.15, 0.2) is 0 Å². The van der Waals surface area contributed by atoms with E-state index < -0.39 is 0 Å². The van der Waals surface area contributed by atoms with Gasteiger partial charge >= 0.3 is 5.97 Å². The summed E-state index contributed by atoms with van der Waals surface area (Å²) in [5.41, 5.74) is 1.62. The third-order valence-corrected chi connectivity index (χ3v) is 10.2. The third-order valence-electron chi connectivity index (χ3n) is 10.2. The van der Waals surface area contributed by atoms with E-state index in [-0.39, 0.29) is 17.2 Å². The molecule has 0 N–H and O–H groups in total. The highest BCUT2D eigenvalue weighted by atomic mass is 19.1. The maximum atomic E-state index is 15.4. The monoisotopic (exact) mass is 404 g/mol. The lowest BCUT2D eigenvalue weighted by atomic mass is 9.46. The van der Waals surface area contributed by atoms with E-state index in [0.717, 1.165) is 12.8 Å². The molecule has 0 unspecified atom stereocenters. The molecule has 4 aliphatic carbocycles. The molecule has 4 rings (SSSR count). The normalized spacial score (nSPS) is 45.2. The van der Waals surface area contributed by atoms with Gasteiger partial charge in [0.25, 0.3) is 0 Å². The number of carbonyl (C=O) groups is 1. The first-order valence-electron chi connectivity index (χ1n) is 12.2. The molecular weight excluding hydrogens is 363 g/mol. The molecule has 0 amide bonds. The molecule has 164 valence electrons. The van der Waals surface area contributed by atoms with Crippen molar-refractivity contribution in [3.05, 3.63) is 11.4 Å². The summed E-state index contributed by atoms with van der Waals surface area (Å²) in [6.45, 7) is 9.53. The lowest BCUT2D eigenvalue weighted by Crippen LogP contribution is -2.51. The number of methoxy groups -OCH3 is 1. The summed E-state index contributed by atoms with van der Waals surface area (Å²) < 4.78 is 20.3. The number of halogens is 1. The van der Waals surface area contributed by atoms with E-state index in [1.54, 1.807) is 0 Å². The summed E-state index contributed by atoms with van der Waals surface area (Å²) in [7, 11) is 1.48. The second kappa shape index (κ2) is 7.68. The fraction of sp³-hybridized carbons (Fsp3) is 0.885. The standard InChI is InChI=1S/C26H41FO2/c1-16-10-12-26(4)21-11-13-25(3)19(17(2)6-9-24(28)29-5)7-8-20(25)18(21)15-23(27)22(26)14-16/h16-21H,6-15H2,1-5H3/t16-,17-,18+,19-,20+,21+,25-,26-/m1/s1. The maximum Gasteiger partial charge on any atom is 0.305 e. The molecule has 0 aliphatic heterocycles. The Hall–Kier alpha value is -0.860. The van der Waals surface area contributed by atoms with E-state index in [9.17, 15) is 4.79 Å². The molecule has 0 aromatic carbocycles. The molecule has 2 nitrogen and oxygen atoms in total. The predicted molar refractivity (Wildman–Crippen MR) is 115 cm³/mol. The molecule has 0 spiro atoms. The highest BCUT2D eigenvalue weighted by Gasteiger charge is 2.60. The number of carbonyl (C=O) groups excluding carboxylic acids is 1. The van der Waals surface area contributed by atoms with Gasteiger partial charge < -0.3 is 4.74 Å². The first-order chi connectivity index (χ1) is 13.7. The van der Waals surface area contributed by atoms with Gasteiger partial charge in [0.2, 0.25) is 0 Å². The lowest BCUT2D eigenvalue weighted by molar-refractivity contribution is -0.141. The zero-order chi connectivity index (χ0) is 21.0. The van der Waals surface area contributed by atoms with E-state index in [1.165, 1.54) is 51.2 Å². The van der Waals surface area contributed by atoms with Gasteiger partial charge in [-0.05, 0) is 103 Å². The molecule has 0 bridgehead atoms. The zero-order valence-electron chi connectivity index (χ0n) is 19.2. The van der Waals surface area contributed by atoms with Crippen LogP contribution in [0.3, 0.4) is 0 Å². The van der Waals surface area contributed by atoms with Gasteiger partial charge in [-0.1, -0.05) is 27.7 Å². The number of hydrogen-bond donors (Lipinski definition) is 0. The van der Waals surface area contributed by atoms with Crippen molar-refractivity contribution in [2.45, 2.75) is 91.9 Å². The Morgan fingerprint density at radius 3 is 2.62 bits per heavy atom. The summed E-state index contributed by atoms with van der Waals surface area (Å²) in [6, 6.07) is 0. The highest BCUT2D eigenvalue weighted by molar-refractivity contribution is 5.69. The number of fused-ring (bicyclic) bond motifs is 5. The van der Waals surface area contributed by atoms with Crippen molar-refractivity contribution in [2.75, 3.05) is 7.11 Å². The Morgan fingerprint density at radius 2 is 1.90 bits per heavy atom. The van der Waals surface area contributed by atoms with Crippen LogP contribution in [0.1, 0.15) is 91.9 Å². The average Bonchev–Trinajstić information content (AvgIpc) is 3.05. The van der Waals surface area contributed by atoms with Crippen LogP contribution in [0.2, 0.25) is 0 Å². The lowest BCUT2D eigenvalue weighted by Gasteiger charge is -2.58. The fourth-order valence-electron chi connectivity index (χ4n) is 8.53. The maximum absolute atomic E-state index is 15.4. The van der Waals surface area contributed by atoms with Gasteiger partial charge in [-0.15, -0.1) is 0 Å². The van der Waals surface area contributed by atoms with Gasteiger partial charge in [0.1, 0.15) is 0 Å². The number of ether oxygens (including phenoxy) is 1. The Balaban J connectivity index is 1.55. The van der Waals surface area contributed by atoms with Crippen LogP contribution < -0.4 is 0 Å². The number of hydrogen-bond acceptors (Lipinski definition) is 2. The smallest absolute Gasteiger partial charge is 0.305 e. The molecule has 3 saturated carbocycles. The number of rotatable bonds is 4. The molecule has 4 aliphatic rings. The van der Waals surface area contributed by atoms with Crippen LogP contribution in [0, 0.1) is 46.3 Å². The second-order valence-corrected chi connectivity index (χ2v) is 11.6. The van der Waals surface area contributed by atoms with E-state index in [4.69, 9.17) is 4.74 Å². The third kappa shape index (κ3) is 3.39. The first kappa shape index (κ1) is 21.4. The van der Waals surface area contributed by atoms with Crippen LogP contribution in [0.15, 0.2) is 11.4 Å². The quantitative estimate of drug-likeness (QED) is 0.468. The van der Waals surface area contributed by atoms with Crippen molar-refractivity contribution in [3.8, 4) is 0 Å².